The molecule has 2 heterocycles. The van der Waals surface area contributed by atoms with E-state index in [2.05, 4.69) is 4.57 Å². The van der Waals surface area contributed by atoms with E-state index in [-0.39, 0.29) is 17.6 Å². The molecule has 1 aromatic heterocycles. The van der Waals surface area contributed by atoms with Gasteiger partial charge in [-0.2, -0.15) is 0 Å². The van der Waals surface area contributed by atoms with E-state index in [1.807, 2.05) is 30.2 Å². The van der Waals surface area contributed by atoms with Gasteiger partial charge >= 0.3 is 0 Å². The molecule has 0 bridgehead atoms. The number of nitro groups is 1. The van der Waals surface area contributed by atoms with Crippen LogP contribution >= 0.6 is 0 Å². The molecule has 1 amide bonds. The van der Waals surface area contributed by atoms with Gasteiger partial charge in [-0.05, 0) is 30.7 Å². The maximum atomic E-state index is 12.4. The fraction of sp³-hybridized carbons (Fsp3) is 0.235. The van der Waals surface area contributed by atoms with Crippen molar-refractivity contribution >= 4 is 17.7 Å². The zero-order chi connectivity index (χ0) is 16.4. The Hall–Kier alpha value is -2.89. The van der Waals surface area contributed by atoms with Crippen LogP contribution in [0.3, 0.4) is 0 Å². The Labute approximate surface area is 133 Å². The van der Waals surface area contributed by atoms with E-state index in [0.29, 0.717) is 12.1 Å². The largest absolute Gasteiger partial charge is 0.348 e. The van der Waals surface area contributed by atoms with Gasteiger partial charge in [0.2, 0.25) is 5.91 Å². The van der Waals surface area contributed by atoms with Crippen molar-refractivity contribution in [2.45, 2.75) is 19.5 Å². The first-order valence-electron chi connectivity index (χ1n) is 7.44. The lowest BCUT2D eigenvalue weighted by molar-refractivity contribution is -0.384. The maximum Gasteiger partial charge on any atom is 0.270 e. The van der Waals surface area contributed by atoms with Crippen molar-refractivity contribution in [2.24, 2.45) is 0 Å². The van der Waals surface area contributed by atoms with E-state index in [9.17, 15) is 14.9 Å². The van der Waals surface area contributed by atoms with Gasteiger partial charge in [0.05, 0.1) is 11.0 Å². The smallest absolute Gasteiger partial charge is 0.270 e. The summed E-state index contributed by atoms with van der Waals surface area (Å²) < 4.78 is 2.15. The fourth-order valence-electron chi connectivity index (χ4n) is 2.89. The second-order valence-corrected chi connectivity index (χ2v) is 5.52. The van der Waals surface area contributed by atoms with Crippen LogP contribution < -0.4 is 0 Å². The summed E-state index contributed by atoms with van der Waals surface area (Å²) in [7, 11) is 0. The van der Waals surface area contributed by atoms with Crippen LogP contribution in [0.15, 0.2) is 48.7 Å². The highest BCUT2D eigenvalue weighted by atomic mass is 16.6. The van der Waals surface area contributed by atoms with Gasteiger partial charge in [0.15, 0.2) is 0 Å². The molecule has 23 heavy (non-hydrogen) atoms. The zero-order valence-electron chi connectivity index (χ0n) is 12.8. The number of rotatable bonds is 3. The Morgan fingerprint density at radius 2 is 2.13 bits per heavy atom. The van der Waals surface area contributed by atoms with Crippen molar-refractivity contribution in [1.29, 1.82) is 0 Å². The van der Waals surface area contributed by atoms with E-state index in [1.54, 1.807) is 18.2 Å². The third-order valence-electron chi connectivity index (χ3n) is 4.12. The van der Waals surface area contributed by atoms with Crippen molar-refractivity contribution in [3.8, 4) is 0 Å². The lowest BCUT2D eigenvalue weighted by atomic mass is 10.1. The van der Waals surface area contributed by atoms with Gasteiger partial charge in [-0.3, -0.25) is 14.9 Å². The van der Waals surface area contributed by atoms with Crippen LogP contribution in [-0.4, -0.2) is 26.8 Å². The molecule has 0 fully saturated rings. The zero-order valence-corrected chi connectivity index (χ0v) is 12.8. The monoisotopic (exact) mass is 311 g/mol. The average Bonchev–Trinajstić information content (AvgIpc) is 3.03. The van der Waals surface area contributed by atoms with Gasteiger partial charge in [0.25, 0.3) is 5.69 Å². The molecule has 0 aliphatic carbocycles. The summed E-state index contributed by atoms with van der Waals surface area (Å²) in [6.07, 6.45) is 5.12. The Morgan fingerprint density at radius 3 is 2.91 bits per heavy atom. The Balaban J connectivity index is 1.75. The van der Waals surface area contributed by atoms with Gasteiger partial charge < -0.3 is 9.47 Å². The van der Waals surface area contributed by atoms with Crippen LogP contribution in [0, 0.1) is 10.1 Å². The minimum atomic E-state index is -0.444. The highest BCUT2D eigenvalue weighted by Gasteiger charge is 2.25. The Morgan fingerprint density at radius 1 is 1.30 bits per heavy atom. The molecule has 0 saturated heterocycles. The van der Waals surface area contributed by atoms with Crippen molar-refractivity contribution in [1.82, 2.24) is 9.47 Å². The summed E-state index contributed by atoms with van der Waals surface area (Å²) in [5, 5.41) is 10.8. The molecular weight excluding hydrogens is 294 g/mol. The highest BCUT2D eigenvalue weighted by molar-refractivity contribution is 5.92. The molecule has 6 nitrogen and oxygen atoms in total. The lowest BCUT2D eigenvalue weighted by Gasteiger charge is -2.34. The molecule has 0 spiro atoms. The number of fused-ring (bicyclic) bond motifs is 1. The molecule has 2 aromatic rings. The van der Waals surface area contributed by atoms with Crippen LogP contribution in [0.25, 0.3) is 6.08 Å². The predicted octanol–water partition coefficient (Wildman–Crippen LogP) is 3.01. The van der Waals surface area contributed by atoms with Gasteiger partial charge in [-0.15, -0.1) is 0 Å². The number of amides is 1. The number of nitro benzene ring substituents is 1. The summed E-state index contributed by atoms with van der Waals surface area (Å²) in [6.45, 7) is 3.44. The topological polar surface area (TPSA) is 68.4 Å². The molecular formula is C17H17N3O3. The molecule has 118 valence electrons. The number of benzene rings is 1. The van der Waals surface area contributed by atoms with Gasteiger partial charge in [0.1, 0.15) is 0 Å². The predicted molar refractivity (Wildman–Crippen MR) is 86.7 cm³/mol. The first kappa shape index (κ1) is 15.0. The van der Waals surface area contributed by atoms with Gasteiger partial charge in [0, 0.05) is 43.2 Å². The standard InChI is InChI=1S/C17H17N3O3/c1-13-16-6-3-9-18(16)10-11-19(13)17(21)8-7-14-4-2-5-15(12-14)20(22)23/h2-9,12-13H,10-11H2,1H3/b8-7+. The highest BCUT2D eigenvalue weighted by Crippen LogP contribution is 2.25. The van der Waals surface area contributed by atoms with Crippen LogP contribution in [0.1, 0.15) is 24.2 Å². The first-order chi connectivity index (χ1) is 11.1. The number of carbonyl (C=O) groups excluding carboxylic acids is 1. The molecule has 1 atom stereocenters. The van der Waals surface area contributed by atoms with E-state index in [1.165, 1.54) is 18.2 Å². The molecule has 1 aliphatic rings. The number of hydrogen-bond acceptors (Lipinski definition) is 3. The van der Waals surface area contributed by atoms with Crippen molar-refractivity contribution < 1.29 is 9.72 Å². The third-order valence-corrected chi connectivity index (χ3v) is 4.12. The van der Waals surface area contributed by atoms with E-state index < -0.39 is 4.92 Å². The number of non-ortho nitro benzene ring substituents is 1. The van der Waals surface area contributed by atoms with Crippen LogP contribution in [-0.2, 0) is 11.3 Å². The lowest BCUT2D eigenvalue weighted by Crippen LogP contribution is -2.39. The van der Waals surface area contributed by atoms with Crippen LogP contribution in [0.2, 0.25) is 0 Å². The molecule has 1 unspecified atom stereocenters. The maximum absolute atomic E-state index is 12.4. The molecule has 3 rings (SSSR count). The van der Waals surface area contributed by atoms with E-state index in [0.717, 1.165) is 12.2 Å². The van der Waals surface area contributed by atoms with E-state index >= 15 is 0 Å². The number of aromatic nitrogens is 1. The summed E-state index contributed by atoms with van der Waals surface area (Å²) in [5.74, 6) is -0.0866. The quantitative estimate of drug-likeness (QED) is 0.497. The molecule has 1 aliphatic heterocycles. The van der Waals surface area contributed by atoms with E-state index in [4.69, 9.17) is 0 Å². The molecule has 6 heteroatoms. The third kappa shape index (κ3) is 3.01. The van der Waals surface area contributed by atoms with Crippen molar-refractivity contribution in [3.05, 3.63) is 70.0 Å². The molecule has 0 radical (unpaired) electrons. The molecule has 0 N–H and O–H groups in total. The minimum absolute atomic E-state index is 0.0148. The van der Waals surface area contributed by atoms with Gasteiger partial charge in [-0.25, -0.2) is 0 Å². The second-order valence-electron chi connectivity index (χ2n) is 5.52. The minimum Gasteiger partial charge on any atom is -0.348 e. The Kier molecular flexibility index (Phi) is 3.97. The number of carbonyl (C=O) groups is 1. The van der Waals surface area contributed by atoms with Gasteiger partial charge in [-0.1, -0.05) is 12.1 Å². The second kappa shape index (κ2) is 6.08. The molecule has 0 saturated carbocycles. The average molecular weight is 311 g/mol. The Bertz CT molecular complexity index is 779. The van der Waals surface area contributed by atoms with Crippen LogP contribution in [0.4, 0.5) is 5.69 Å². The summed E-state index contributed by atoms with van der Waals surface area (Å²) >= 11 is 0. The number of hydrogen-bond donors (Lipinski definition) is 0. The van der Waals surface area contributed by atoms with Crippen molar-refractivity contribution in [2.75, 3.05) is 6.54 Å². The normalized spacial score (nSPS) is 17.3. The van der Waals surface area contributed by atoms with Crippen LogP contribution in [0.5, 0.6) is 0 Å². The molecule has 1 aromatic carbocycles. The van der Waals surface area contributed by atoms with Crippen molar-refractivity contribution in [3.63, 3.8) is 0 Å². The summed E-state index contributed by atoms with van der Waals surface area (Å²) in [5.41, 5.74) is 1.78. The first-order valence-corrected chi connectivity index (χ1v) is 7.44. The summed E-state index contributed by atoms with van der Waals surface area (Å²) in [6, 6.07) is 10.3. The SMILES string of the molecule is CC1c2cccn2CCN1C(=O)/C=C/c1cccc([N+](=O)[O-])c1. The number of nitrogens with zero attached hydrogens (tertiary/aromatic N) is 3. The fourth-order valence-corrected chi connectivity index (χ4v) is 2.89. The summed E-state index contributed by atoms with van der Waals surface area (Å²) in [4.78, 5) is 24.6.